The number of rotatable bonds is 8. The first-order chi connectivity index (χ1) is 18.8. The lowest BCUT2D eigenvalue weighted by Crippen LogP contribution is -2.42. The van der Waals surface area contributed by atoms with E-state index in [2.05, 4.69) is 10.3 Å². The van der Waals surface area contributed by atoms with E-state index in [-0.39, 0.29) is 12.2 Å². The normalized spacial score (nSPS) is 11.8. The number of nitrogens with one attached hydrogen (secondary N) is 1. The summed E-state index contributed by atoms with van der Waals surface area (Å²) in [6.45, 7) is 1.91. The number of aryl methyl sites for hydroxylation is 1. The van der Waals surface area contributed by atoms with Crippen molar-refractivity contribution in [1.29, 1.82) is 0 Å². The first-order valence-corrected chi connectivity index (χ1v) is 12.8. The molecule has 0 aliphatic heterocycles. The van der Waals surface area contributed by atoms with Gasteiger partial charge in [0.15, 0.2) is 0 Å². The lowest BCUT2D eigenvalue weighted by Gasteiger charge is -2.17. The van der Waals surface area contributed by atoms with Crippen LogP contribution in [0.15, 0.2) is 91.1 Å². The van der Waals surface area contributed by atoms with Gasteiger partial charge in [0.05, 0.1) is 11.3 Å². The van der Waals surface area contributed by atoms with Crippen molar-refractivity contribution in [3.05, 3.63) is 124 Å². The standard InChI is InChI=1S/C31H26ClN3O4/c1-19-29(21-7-11-25(32)12-8-21)34-28-14-10-23(18-35(19)28)30(37)33-27(31(38)39)17-22-9-13-26(36)16-24(22)15-20-5-3-2-4-6-20/h2-14,16,18,27,36H,15,17H2,1H3,(H,33,37)(H,38,39)/t27-/m0/s1. The molecule has 1 amide bonds. The number of nitrogens with zero attached hydrogens (tertiary/aromatic N) is 2. The summed E-state index contributed by atoms with van der Waals surface area (Å²) in [5.41, 5.74) is 6.05. The van der Waals surface area contributed by atoms with Crippen LogP contribution in [0.3, 0.4) is 0 Å². The topological polar surface area (TPSA) is 104 Å². The second-order valence-electron chi connectivity index (χ2n) is 9.38. The minimum absolute atomic E-state index is 0.0661. The molecule has 2 heterocycles. The largest absolute Gasteiger partial charge is 0.508 e. The maximum absolute atomic E-state index is 13.2. The van der Waals surface area contributed by atoms with Gasteiger partial charge in [-0.05, 0) is 66.4 Å². The monoisotopic (exact) mass is 539 g/mol. The van der Waals surface area contributed by atoms with Gasteiger partial charge in [0.2, 0.25) is 0 Å². The second kappa shape index (κ2) is 11.0. The number of phenolic OH excluding ortho intramolecular Hbond substituents is 1. The van der Waals surface area contributed by atoms with E-state index in [4.69, 9.17) is 11.6 Å². The molecular formula is C31H26ClN3O4. The number of carbonyl (C=O) groups excluding carboxylic acids is 1. The van der Waals surface area contributed by atoms with Crippen molar-refractivity contribution < 1.29 is 19.8 Å². The number of phenols is 1. The Kier molecular flexibility index (Phi) is 7.34. The third-order valence-electron chi connectivity index (χ3n) is 6.69. The van der Waals surface area contributed by atoms with Gasteiger partial charge in [-0.3, -0.25) is 4.79 Å². The number of aromatic hydroxyl groups is 1. The van der Waals surface area contributed by atoms with E-state index >= 15 is 0 Å². The van der Waals surface area contributed by atoms with Crippen LogP contribution < -0.4 is 5.32 Å². The summed E-state index contributed by atoms with van der Waals surface area (Å²) >= 11 is 6.02. The van der Waals surface area contributed by atoms with E-state index in [0.717, 1.165) is 33.6 Å². The van der Waals surface area contributed by atoms with Crippen LogP contribution in [0, 0.1) is 6.92 Å². The Labute approximate surface area is 230 Å². The van der Waals surface area contributed by atoms with Crippen molar-refractivity contribution in [2.24, 2.45) is 0 Å². The van der Waals surface area contributed by atoms with E-state index in [9.17, 15) is 19.8 Å². The highest BCUT2D eigenvalue weighted by molar-refractivity contribution is 6.30. The average Bonchev–Trinajstić information content (AvgIpc) is 3.26. The number of carboxylic acid groups (broad SMARTS) is 1. The number of aliphatic carboxylic acids is 1. The minimum atomic E-state index is -1.17. The summed E-state index contributed by atoms with van der Waals surface area (Å²) in [5, 5.41) is 23.3. The molecule has 1 atom stereocenters. The van der Waals surface area contributed by atoms with Crippen LogP contribution in [-0.2, 0) is 17.6 Å². The number of fused-ring (bicyclic) bond motifs is 1. The zero-order valence-corrected chi connectivity index (χ0v) is 21.9. The Balaban J connectivity index is 1.38. The summed E-state index contributed by atoms with van der Waals surface area (Å²) < 4.78 is 1.81. The van der Waals surface area contributed by atoms with Crippen molar-refractivity contribution >= 4 is 29.1 Å². The Hall–Kier alpha value is -4.62. The van der Waals surface area contributed by atoms with Crippen molar-refractivity contribution in [2.45, 2.75) is 25.8 Å². The second-order valence-corrected chi connectivity index (χ2v) is 9.82. The Morgan fingerprint density at radius 3 is 2.44 bits per heavy atom. The number of amides is 1. The van der Waals surface area contributed by atoms with Gasteiger partial charge in [0, 0.05) is 28.9 Å². The van der Waals surface area contributed by atoms with Gasteiger partial charge in [-0.2, -0.15) is 0 Å². The molecule has 0 fully saturated rings. The van der Waals surface area contributed by atoms with Gasteiger partial charge in [0.25, 0.3) is 5.91 Å². The summed E-state index contributed by atoms with van der Waals surface area (Å²) in [7, 11) is 0. The molecule has 8 heteroatoms. The predicted octanol–water partition coefficient (Wildman–Crippen LogP) is 5.69. The number of carboxylic acids is 1. The first-order valence-electron chi connectivity index (χ1n) is 12.4. The molecule has 0 saturated carbocycles. The van der Waals surface area contributed by atoms with Crippen molar-refractivity contribution in [3.63, 3.8) is 0 Å². The van der Waals surface area contributed by atoms with Crippen LogP contribution in [0.1, 0.15) is 32.7 Å². The fourth-order valence-corrected chi connectivity index (χ4v) is 4.76. The predicted molar refractivity (Wildman–Crippen MR) is 150 cm³/mol. The molecule has 0 radical (unpaired) electrons. The van der Waals surface area contributed by atoms with Crippen LogP contribution in [0.4, 0.5) is 0 Å². The number of imidazole rings is 1. The molecule has 0 spiro atoms. The molecule has 0 unspecified atom stereocenters. The molecule has 5 rings (SSSR count). The lowest BCUT2D eigenvalue weighted by molar-refractivity contribution is -0.139. The minimum Gasteiger partial charge on any atom is -0.508 e. The van der Waals surface area contributed by atoms with Crippen molar-refractivity contribution in [2.75, 3.05) is 0 Å². The third kappa shape index (κ3) is 5.78. The van der Waals surface area contributed by atoms with E-state index < -0.39 is 17.9 Å². The molecule has 0 aliphatic carbocycles. The smallest absolute Gasteiger partial charge is 0.326 e. The number of pyridine rings is 1. The van der Waals surface area contributed by atoms with Crippen LogP contribution >= 0.6 is 11.6 Å². The number of halogens is 1. The molecule has 0 aliphatic rings. The zero-order valence-electron chi connectivity index (χ0n) is 21.1. The van der Waals surface area contributed by atoms with E-state index in [1.165, 1.54) is 6.07 Å². The van der Waals surface area contributed by atoms with Crippen molar-refractivity contribution in [3.8, 4) is 17.0 Å². The summed E-state index contributed by atoms with van der Waals surface area (Å²) in [5.74, 6) is -1.55. The molecule has 5 aromatic rings. The lowest BCUT2D eigenvalue weighted by atomic mass is 9.95. The van der Waals surface area contributed by atoms with Gasteiger partial charge in [0.1, 0.15) is 17.4 Å². The highest BCUT2D eigenvalue weighted by atomic mass is 35.5. The molecule has 0 saturated heterocycles. The van der Waals surface area contributed by atoms with Crippen molar-refractivity contribution in [1.82, 2.24) is 14.7 Å². The molecular weight excluding hydrogens is 514 g/mol. The van der Waals surface area contributed by atoms with E-state index in [0.29, 0.717) is 22.7 Å². The summed E-state index contributed by atoms with van der Waals surface area (Å²) in [6, 6.07) is 24.1. The maximum atomic E-state index is 13.2. The van der Waals surface area contributed by atoms with Crippen LogP contribution in [0.2, 0.25) is 5.02 Å². The summed E-state index contributed by atoms with van der Waals surface area (Å²) in [4.78, 5) is 30.0. The number of aromatic nitrogens is 2. The van der Waals surface area contributed by atoms with Gasteiger partial charge in [-0.1, -0.05) is 60.1 Å². The van der Waals surface area contributed by atoms with Crippen LogP contribution in [0.25, 0.3) is 16.9 Å². The molecule has 3 N–H and O–H groups in total. The van der Waals surface area contributed by atoms with Gasteiger partial charge >= 0.3 is 5.97 Å². The summed E-state index contributed by atoms with van der Waals surface area (Å²) in [6.07, 6.45) is 2.25. The Bertz CT molecular complexity index is 1660. The SMILES string of the molecule is Cc1c(-c2ccc(Cl)cc2)nc2ccc(C(=O)N[C@@H](Cc3ccc(O)cc3Cc3ccccc3)C(=O)O)cn12. The number of benzene rings is 3. The van der Waals surface area contributed by atoms with E-state index in [1.807, 2.05) is 53.8 Å². The maximum Gasteiger partial charge on any atom is 0.326 e. The number of hydrogen-bond donors (Lipinski definition) is 3. The van der Waals surface area contributed by atoms with Crippen LogP contribution in [-0.4, -0.2) is 37.5 Å². The zero-order chi connectivity index (χ0) is 27.5. The van der Waals surface area contributed by atoms with Crippen LogP contribution in [0.5, 0.6) is 5.75 Å². The molecule has 7 nitrogen and oxygen atoms in total. The number of carbonyl (C=O) groups is 2. The first kappa shape index (κ1) is 26.0. The molecule has 196 valence electrons. The van der Waals surface area contributed by atoms with E-state index in [1.54, 1.807) is 42.6 Å². The average molecular weight is 540 g/mol. The molecule has 0 bridgehead atoms. The van der Waals surface area contributed by atoms with Gasteiger partial charge in [-0.15, -0.1) is 0 Å². The Morgan fingerprint density at radius 2 is 1.72 bits per heavy atom. The van der Waals surface area contributed by atoms with Gasteiger partial charge in [-0.25, -0.2) is 9.78 Å². The van der Waals surface area contributed by atoms with Gasteiger partial charge < -0.3 is 19.9 Å². The molecule has 3 aromatic carbocycles. The highest BCUT2D eigenvalue weighted by Crippen LogP contribution is 2.26. The quantitative estimate of drug-likeness (QED) is 0.235. The third-order valence-corrected chi connectivity index (χ3v) is 6.94. The highest BCUT2D eigenvalue weighted by Gasteiger charge is 2.23. The fourth-order valence-electron chi connectivity index (χ4n) is 4.63. The number of hydrogen-bond acceptors (Lipinski definition) is 4. The fraction of sp³-hybridized carbons (Fsp3) is 0.129. The molecule has 2 aromatic heterocycles. The molecule has 39 heavy (non-hydrogen) atoms. The Morgan fingerprint density at radius 1 is 0.974 bits per heavy atom.